The van der Waals surface area contributed by atoms with Crippen molar-refractivity contribution in [1.82, 2.24) is 0 Å². The maximum Gasteiger partial charge on any atom is 0 e. The molecule has 0 atom stereocenters. The molecule has 0 saturated carbocycles. The van der Waals surface area contributed by atoms with Crippen molar-refractivity contribution in [3.63, 3.8) is 0 Å². The second-order valence-electron chi connectivity index (χ2n) is 0. The molecule has 0 spiro atoms. The smallest absolute Gasteiger partial charge is 0 e. The van der Waals surface area contributed by atoms with E-state index in [4.69, 9.17) is 0 Å². The first-order valence-electron chi connectivity index (χ1n) is 0. The molecule has 0 aromatic rings. The van der Waals surface area contributed by atoms with Gasteiger partial charge in [-0.05, 0) is 0 Å². The summed E-state index contributed by atoms with van der Waals surface area (Å²) in [6.07, 6.45) is 0. The van der Waals surface area contributed by atoms with Gasteiger partial charge in [0.15, 0.2) is 0 Å². The molecule has 0 nitrogen and oxygen atoms in total. The van der Waals surface area contributed by atoms with Gasteiger partial charge in [0, 0.05) is 69.9 Å². The SMILES string of the molecule is [Si].[Si].[Ti].[Zr]. The predicted molar refractivity (Wildman–Crippen MR) is 11.5 cm³/mol. The molecule has 0 fully saturated rings. The largest absolute Gasteiger partial charge is 0 e. The third-order valence-corrected chi connectivity index (χ3v) is 0. The van der Waals surface area contributed by atoms with Crippen LogP contribution in [0.1, 0.15) is 0 Å². The minimum Gasteiger partial charge on any atom is 0 e. The molecule has 0 aliphatic rings. The van der Waals surface area contributed by atoms with Crippen molar-refractivity contribution in [2.75, 3.05) is 0 Å². The van der Waals surface area contributed by atoms with Gasteiger partial charge >= 0.3 is 0 Å². The van der Waals surface area contributed by atoms with Crippen LogP contribution in [0.25, 0.3) is 0 Å². The Hall–Kier alpha value is 2.03. The van der Waals surface area contributed by atoms with E-state index in [0.717, 1.165) is 0 Å². The van der Waals surface area contributed by atoms with Crippen molar-refractivity contribution in [3.8, 4) is 0 Å². The molecule has 0 N–H and O–H groups in total. The molecule has 8 radical (unpaired) electrons. The zero-order valence-corrected chi connectivity index (χ0v) is 8.02. The van der Waals surface area contributed by atoms with Crippen molar-refractivity contribution in [2.45, 2.75) is 0 Å². The van der Waals surface area contributed by atoms with Gasteiger partial charge in [-0.1, -0.05) is 0 Å². The molecule has 4 heavy (non-hydrogen) atoms. The standard InChI is InChI=1S/2Si.Ti.Zr. The molecule has 16 valence electrons. The molecule has 0 aromatic heterocycles. The summed E-state index contributed by atoms with van der Waals surface area (Å²) in [7, 11) is 0. The Kier molecular flexibility index (Phi) is 183. The van der Waals surface area contributed by atoms with Crippen LogP contribution in [-0.2, 0) is 47.9 Å². The molecule has 0 saturated heterocycles. The monoisotopic (exact) mass is 194 g/mol. The van der Waals surface area contributed by atoms with E-state index in [9.17, 15) is 0 Å². The first-order chi connectivity index (χ1) is 0. The van der Waals surface area contributed by atoms with Crippen molar-refractivity contribution in [2.24, 2.45) is 0 Å². The van der Waals surface area contributed by atoms with E-state index < -0.39 is 0 Å². The van der Waals surface area contributed by atoms with Gasteiger partial charge in [0.2, 0.25) is 0 Å². The summed E-state index contributed by atoms with van der Waals surface area (Å²) >= 11 is 0. The summed E-state index contributed by atoms with van der Waals surface area (Å²) in [6.45, 7) is 0. The quantitative estimate of drug-likeness (QED) is 0.445. The Morgan fingerprint density at radius 2 is 0.750 bits per heavy atom. The second-order valence-corrected chi connectivity index (χ2v) is 0. The third kappa shape index (κ3) is 8.98. The fourth-order valence-electron chi connectivity index (χ4n) is 0. The summed E-state index contributed by atoms with van der Waals surface area (Å²) in [5, 5.41) is 0. The van der Waals surface area contributed by atoms with Crippen LogP contribution in [0.5, 0.6) is 0 Å². The molecule has 0 aliphatic heterocycles. The van der Waals surface area contributed by atoms with Crippen LogP contribution in [0.3, 0.4) is 0 Å². The fraction of sp³-hybridized carbons (Fsp3) is 0. The van der Waals surface area contributed by atoms with Crippen LogP contribution in [0.4, 0.5) is 0 Å². The van der Waals surface area contributed by atoms with Gasteiger partial charge in [0.1, 0.15) is 0 Å². The van der Waals surface area contributed by atoms with E-state index >= 15 is 0 Å². The van der Waals surface area contributed by atoms with Crippen LogP contribution in [0.2, 0.25) is 0 Å². The first-order valence-corrected chi connectivity index (χ1v) is 0. The summed E-state index contributed by atoms with van der Waals surface area (Å²) in [5.41, 5.74) is 0. The molecule has 0 rings (SSSR count). The Labute approximate surface area is 69.2 Å². The maximum absolute atomic E-state index is 0. The van der Waals surface area contributed by atoms with E-state index in [2.05, 4.69) is 0 Å². The Balaban J connectivity index is 0. The summed E-state index contributed by atoms with van der Waals surface area (Å²) in [4.78, 5) is 0. The average molecular weight is 195 g/mol. The minimum absolute atomic E-state index is 0. The van der Waals surface area contributed by atoms with Crippen molar-refractivity contribution >= 4 is 21.9 Å². The van der Waals surface area contributed by atoms with Gasteiger partial charge in [-0.3, -0.25) is 0 Å². The molecular formula is Si2TiZr. The number of rotatable bonds is 0. The molecule has 0 amide bonds. The molecule has 4 heteroatoms. The van der Waals surface area contributed by atoms with E-state index in [1.54, 1.807) is 0 Å². The van der Waals surface area contributed by atoms with Gasteiger partial charge in [0.05, 0.1) is 0 Å². The summed E-state index contributed by atoms with van der Waals surface area (Å²) < 4.78 is 0. The van der Waals surface area contributed by atoms with Gasteiger partial charge < -0.3 is 0 Å². The molecular weight excluding hydrogens is 195 g/mol. The molecule has 0 bridgehead atoms. The van der Waals surface area contributed by atoms with Crippen molar-refractivity contribution < 1.29 is 47.9 Å². The maximum atomic E-state index is 0. The zero-order valence-electron chi connectivity index (χ0n) is 2.00. The van der Waals surface area contributed by atoms with Crippen LogP contribution in [0, 0.1) is 0 Å². The fourth-order valence-corrected chi connectivity index (χ4v) is 0. The van der Waals surface area contributed by atoms with Gasteiger partial charge in [-0.25, -0.2) is 0 Å². The molecule has 0 heterocycles. The zero-order chi connectivity index (χ0) is 0. The number of hydrogen-bond acceptors (Lipinski definition) is 0. The van der Waals surface area contributed by atoms with Gasteiger partial charge in [0.25, 0.3) is 0 Å². The third-order valence-electron chi connectivity index (χ3n) is 0. The van der Waals surface area contributed by atoms with E-state index in [-0.39, 0.29) is 69.9 Å². The average Bonchev–Trinajstić information content (AvgIpc) is 0. The van der Waals surface area contributed by atoms with Crippen LogP contribution in [-0.4, -0.2) is 21.9 Å². The van der Waals surface area contributed by atoms with Crippen molar-refractivity contribution in [1.29, 1.82) is 0 Å². The van der Waals surface area contributed by atoms with E-state index in [1.807, 2.05) is 0 Å². The van der Waals surface area contributed by atoms with E-state index in [1.165, 1.54) is 0 Å². The second kappa shape index (κ2) is 19.8. The molecule has 0 aliphatic carbocycles. The summed E-state index contributed by atoms with van der Waals surface area (Å²) in [6, 6.07) is 0. The normalized spacial score (nSPS) is 0. The Morgan fingerprint density at radius 1 is 0.750 bits per heavy atom. The van der Waals surface area contributed by atoms with Crippen LogP contribution >= 0.6 is 0 Å². The first kappa shape index (κ1) is 37.0. The van der Waals surface area contributed by atoms with Gasteiger partial charge in [-0.2, -0.15) is 0 Å². The van der Waals surface area contributed by atoms with E-state index in [0.29, 0.717) is 0 Å². The van der Waals surface area contributed by atoms with Crippen molar-refractivity contribution in [3.05, 3.63) is 0 Å². The predicted octanol–water partition coefficient (Wildman–Crippen LogP) is -0.767. The Morgan fingerprint density at radius 3 is 0.750 bits per heavy atom. The summed E-state index contributed by atoms with van der Waals surface area (Å²) in [5.74, 6) is 0. The Bertz CT molecular complexity index is 6.00. The molecule has 0 aromatic carbocycles. The number of hydrogen-bond donors (Lipinski definition) is 0. The minimum atomic E-state index is 0. The van der Waals surface area contributed by atoms with Gasteiger partial charge in [-0.15, -0.1) is 0 Å². The topological polar surface area (TPSA) is 0 Å². The van der Waals surface area contributed by atoms with Crippen LogP contribution < -0.4 is 0 Å². The molecule has 0 unspecified atom stereocenters. The van der Waals surface area contributed by atoms with Crippen LogP contribution in [0.15, 0.2) is 0 Å².